The van der Waals surface area contributed by atoms with Gasteiger partial charge in [0, 0.05) is 6.42 Å². The lowest BCUT2D eigenvalue weighted by Gasteiger charge is -2.51. The van der Waals surface area contributed by atoms with E-state index in [1.54, 1.807) is 0 Å². The van der Waals surface area contributed by atoms with Crippen LogP contribution in [0.2, 0.25) is 0 Å². The van der Waals surface area contributed by atoms with Crippen molar-refractivity contribution in [3.8, 4) is 0 Å². The van der Waals surface area contributed by atoms with Crippen molar-refractivity contribution in [2.24, 2.45) is 5.73 Å². The van der Waals surface area contributed by atoms with Gasteiger partial charge in [0.2, 0.25) is 0 Å². The molecule has 2 aliphatic heterocycles. The number of rotatable bonds is 0. The summed E-state index contributed by atoms with van der Waals surface area (Å²) in [5, 5.41) is 0. The maximum absolute atomic E-state index is 6.42. The first-order valence-corrected chi connectivity index (χ1v) is 6.20. The summed E-state index contributed by atoms with van der Waals surface area (Å²) in [7, 11) is 1.99. The summed E-state index contributed by atoms with van der Waals surface area (Å²) in [6, 6.07) is 0. The molecule has 0 radical (unpaired) electrons. The molecule has 2 fully saturated rings. The van der Waals surface area contributed by atoms with Crippen molar-refractivity contribution in [2.45, 2.75) is 64.5 Å². The van der Waals surface area contributed by atoms with Crippen molar-refractivity contribution in [1.29, 1.82) is 0 Å². The van der Waals surface area contributed by atoms with E-state index in [-0.39, 0.29) is 17.8 Å². The van der Waals surface area contributed by atoms with Crippen LogP contribution in [0.3, 0.4) is 0 Å². The highest BCUT2D eigenvalue weighted by Crippen LogP contribution is 2.44. The van der Waals surface area contributed by atoms with Crippen molar-refractivity contribution in [3.05, 3.63) is 0 Å². The SMILES string of the molecule is CC.CC1CC2(C)OCN(C)C2(N)C(C)O1. The van der Waals surface area contributed by atoms with Crippen LogP contribution >= 0.6 is 0 Å². The predicted molar refractivity (Wildman–Crippen MR) is 65.0 cm³/mol. The van der Waals surface area contributed by atoms with E-state index in [0.29, 0.717) is 6.73 Å². The molecule has 0 aromatic rings. The van der Waals surface area contributed by atoms with Crippen molar-refractivity contribution >= 4 is 0 Å². The Kier molecular flexibility index (Phi) is 4.00. The molecule has 2 heterocycles. The van der Waals surface area contributed by atoms with E-state index in [1.165, 1.54) is 0 Å². The molecule has 0 amide bonds. The summed E-state index contributed by atoms with van der Waals surface area (Å²) >= 11 is 0. The van der Waals surface area contributed by atoms with Crippen LogP contribution in [0.4, 0.5) is 0 Å². The molecule has 4 heteroatoms. The Bertz CT molecular complexity index is 249. The first-order chi connectivity index (χ1) is 7.40. The Morgan fingerprint density at radius 2 is 1.88 bits per heavy atom. The van der Waals surface area contributed by atoms with Gasteiger partial charge < -0.3 is 15.2 Å². The van der Waals surface area contributed by atoms with E-state index in [0.717, 1.165) is 6.42 Å². The van der Waals surface area contributed by atoms with Gasteiger partial charge in [-0.05, 0) is 27.8 Å². The smallest absolute Gasteiger partial charge is 0.127 e. The van der Waals surface area contributed by atoms with Crippen LogP contribution in [-0.2, 0) is 9.47 Å². The summed E-state index contributed by atoms with van der Waals surface area (Å²) in [5.74, 6) is 0. The monoisotopic (exact) mass is 230 g/mol. The van der Waals surface area contributed by atoms with E-state index in [2.05, 4.69) is 13.8 Å². The maximum atomic E-state index is 6.42. The fourth-order valence-corrected chi connectivity index (χ4v) is 2.88. The Hall–Kier alpha value is -0.160. The van der Waals surface area contributed by atoms with Crippen LogP contribution in [-0.4, -0.2) is 42.2 Å². The third-order valence-corrected chi connectivity index (χ3v) is 3.79. The molecular formula is C12H26N2O2. The van der Waals surface area contributed by atoms with Gasteiger partial charge in [0.15, 0.2) is 0 Å². The third-order valence-electron chi connectivity index (χ3n) is 3.79. The van der Waals surface area contributed by atoms with Gasteiger partial charge in [0.25, 0.3) is 0 Å². The molecule has 2 N–H and O–H groups in total. The maximum Gasteiger partial charge on any atom is 0.127 e. The summed E-state index contributed by atoms with van der Waals surface area (Å²) in [6.45, 7) is 10.8. The topological polar surface area (TPSA) is 47.7 Å². The van der Waals surface area contributed by atoms with Crippen molar-refractivity contribution < 1.29 is 9.47 Å². The first-order valence-electron chi connectivity index (χ1n) is 6.20. The van der Waals surface area contributed by atoms with Crippen LogP contribution < -0.4 is 5.73 Å². The molecular weight excluding hydrogens is 204 g/mol. The summed E-state index contributed by atoms with van der Waals surface area (Å²) in [6.07, 6.45) is 1.08. The highest BCUT2D eigenvalue weighted by Gasteiger charge is 2.61. The number of fused-ring (bicyclic) bond motifs is 1. The zero-order chi connectivity index (χ0) is 12.6. The largest absolute Gasteiger partial charge is 0.372 e. The van der Waals surface area contributed by atoms with E-state index < -0.39 is 5.66 Å². The van der Waals surface area contributed by atoms with Gasteiger partial charge in [-0.25, -0.2) is 0 Å². The summed E-state index contributed by atoms with van der Waals surface area (Å²) in [4.78, 5) is 2.05. The Labute approximate surface area is 99.1 Å². The Morgan fingerprint density at radius 3 is 2.44 bits per heavy atom. The number of ether oxygens (including phenoxy) is 2. The van der Waals surface area contributed by atoms with Gasteiger partial charge in [0.05, 0.1) is 12.2 Å². The minimum atomic E-state index is -0.487. The second kappa shape index (κ2) is 4.61. The molecule has 0 aromatic carbocycles. The van der Waals surface area contributed by atoms with Gasteiger partial charge in [-0.1, -0.05) is 13.8 Å². The zero-order valence-electron chi connectivity index (χ0n) is 11.4. The minimum absolute atomic E-state index is 0.00347. The average Bonchev–Trinajstić information content (AvgIpc) is 2.46. The number of nitrogens with zero attached hydrogens (tertiary/aromatic N) is 1. The van der Waals surface area contributed by atoms with Crippen LogP contribution in [0.1, 0.15) is 41.0 Å². The highest BCUT2D eigenvalue weighted by atomic mass is 16.6. The fourth-order valence-electron chi connectivity index (χ4n) is 2.88. The molecule has 0 spiro atoms. The van der Waals surface area contributed by atoms with E-state index in [4.69, 9.17) is 15.2 Å². The molecule has 4 unspecified atom stereocenters. The molecule has 16 heavy (non-hydrogen) atoms. The van der Waals surface area contributed by atoms with Crippen LogP contribution in [0, 0.1) is 0 Å². The predicted octanol–water partition coefficient (Wildman–Crippen LogP) is 1.54. The second-order valence-electron chi connectivity index (χ2n) is 4.82. The van der Waals surface area contributed by atoms with Crippen molar-refractivity contribution in [1.82, 2.24) is 4.90 Å². The van der Waals surface area contributed by atoms with Gasteiger partial charge in [-0.3, -0.25) is 4.90 Å². The molecule has 2 aliphatic rings. The standard InChI is InChI=1S/C10H20N2O2.C2H6/c1-7-5-9(3)10(11,8(2)14-7)12(4)6-13-9;1-2/h7-8H,5-6,11H2,1-4H3;1-2H3. The number of nitrogens with two attached hydrogens (primary N) is 1. The van der Waals surface area contributed by atoms with Crippen LogP contribution in [0.15, 0.2) is 0 Å². The van der Waals surface area contributed by atoms with E-state index in [9.17, 15) is 0 Å². The molecule has 4 nitrogen and oxygen atoms in total. The molecule has 4 atom stereocenters. The minimum Gasteiger partial charge on any atom is -0.372 e. The lowest BCUT2D eigenvalue weighted by molar-refractivity contribution is -0.177. The number of hydrogen-bond acceptors (Lipinski definition) is 4. The molecule has 0 saturated carbocycles. The van der Waals surface area contributed by atoms with Gasteiger partial charge >= 0.3 is 0 Å². The second-order valence-corrected chi connectivity index (χ2v) is 4.82. The van der Waals surface area contributed by atoms with Crippen LogP contribution in [0.25, 0.3) is 0 Å². The van der Waals surface area contributed by atoms with Crippen molar-refractivity contribution in [3.63, 3.8) is 0 Å². The highest BCUT2D eigenvalue weighted by molar-refractivity contribution is 5.11. The van der Waals surface area contributed by atoms with Gasteiger partial charge in [-0.2, -0.15) is 0 Å². The molecule has 0 aliphatic carbocycles. The summed E-state index contributed by atoms with van der Waals surface area (Å²) in [5.41, 5.74) is 5.66. The van der Waals surface area contributed by atoms with Crippen LogP contribution in [0.5, 0.6) is 0 Å². The molecule has 0 bridgehead atoms. The zero-order valence-corrected chi connectivity index (χ0v) is 11.4. The lowest BCUT2D eigenvalue weighted by Crippen LogP contribution is -2.72. The number of hydrogen-bond donors (Lipinski definition) is 1. The normalized spacial score (nSPS) is 48.2. The quantitative estimate of drug-likeness (QED) is 0.686. The fraction of sp³-hybridized carbons (Fsp3) is 1.00. The van der Waals surface area contributed by atoms with E-state index in [1.807, 2.05) is 32.7 Å². The van der Waals surface area contributed by atoms with Crippen molar-refractivity contribution in [2.75, 3.05) is 13.8 Å². The van der Waals surface area contributed by atoms with Gasteiger partial charge in [0.1, 0.15) is 18.0 Å². The Morgan fingerprint density at radius 1 is 1.31 bits per heavy atom. The molecule has 2 saturated heterocycles. The first kappa shape index (κ1) is 13.9. The van der Waals surface area contributed by atoms with Gasteiger partial charge in [-0.15, -0.1) is 0 Å². The average molecular weight is 230 g/mol. The molecule has 96 valence electrons. The molecule has 2 rings (SSSR count). The summed E-state index contributed by atoms with van der Waals surface area (Å²) < 4.78 is 11.6. The third kappa shape index (κ3) is 1.78. The Balaban J connectivity index is 0.000000606. The van der Waals surface area contributed by atoms with E-state index >= 15 is 0 Å². The number of likely N-dealkylation sites (N-methyl/N-ethyl adjacent to an activating group) is 1. The molecule has 0 aromatic heterocycles. The lowest BCUT2D eigenvalue weighted by atomic mass is 9.79.